The Morgan fingerprint density at radius 1 is 1.06 bits per heavy atom. The third-order valence-corrected chi connectivity index (χ3v) is 3.49. The highest BCUT2D eigenvalue weighted by molar-refractivity contribution is 5.85. The molecule has 0 aromatic heterocycles. The number of benzene rings is 1. The Labute approximate surface area is 107 Å². The van der Waals surface area contributed by atoms with Crippen LogP contribution in [0.5, 0.6) is 0 Å². The minimum Gasteiger partial charge on any atom is -0.324 e. The highest BCUT2D eigenvalue weighted by Crippen LogP contribution is 2.34. The van der Waals surface area contributed by atoms with Gasteiger partial charge in [0.2, 0.25) is 0 Å². The van der Waals surface area contributed by atoms with Crippen molar-refractivity contribution in [3.05, 3.63) is 35.4 Å². The molecule has 96 valence electrons. The fourth-order valence-corrected chi connectivity index (χ4v) is 2.56. The molecule has 0 saturated heterocycles. The molecule has 4 heteroatoms. The summed E-state index contributed by atoms with van der Waals surface area (Å²) in [5.41, 5.74) is 6.06. The molecule has 0 spiro atoms. The molecule has 2 rings (SSSR count). The van der Waals surface area contributed by atoms with Crippen LogP contribution in [-0.2, 0) is 0 Å². The average Bonchev–Trinajstić information content (AvgIpc) is 2.30. The van der Waals surface area contributed by atoms with E-state index in [0.29, 0.717) is 0 Å². The van der Waals surface area contributed by atoms with E-state index >= 15 is 0 Å². The topological polar surface area (TPSA) is 26.0 Å². The molecular weight excluding hydrogens is 244 g/mol. The molecule has 1 aliphatic rings. The van der Waals surface area contributed by atoms with Crippen molar-refractivity contribution in [2.24, 2.45) is 11.7 Å². The van der Waals surface area contributed by atoms with Crippen LogP contribution in [0.25, 0.3) is 0 Å². The molecule has 1 fully saturated rings. The zero-order chi connectivity index (χ0) is 11.5. The summed E-state index contributed by atoms with van der Waals surface area (Å²) < 4.78 is 27.1. The maximum Gasteiger partial charge on any atom is 0.130 e. The zero-order valence-corrected chi connectivity index (χ0v) is 10.5. The Hall–Kier alpha value is -0.670. The van der Waals surface area contributed by atoms with Gasteiger partial charge in [-0.2, -0.15) is 0 Å². The zero-order valence-electron chi connectivity index (χ0n) is 9.66. The monoisotopic (exact) mass is 261 g/mol. The second kappa shape index (κ2) is 6.31. The van der Waals surface area contributed by atoms with E-state index < -0.39 is 17.7 Å². The van der Waals surface area contributed by atoms with Crippen molar-refractivity contribution in [1.82, 2.24) is 0 Å². The first-order chi connectivity index (χ1) is 7.70. The SMILES string of the molecule is Cl.N[C@H](c1c(F)cccc1F)C1CCCCC1. The van der Waals surface area contributed by atoms with Gasteiger partial charge < -0.3 is 5.73 Å². The Morgan fingerprint density at radius 3 is 2.12 bits per heavy atom. The van der Waals surface area contributed by atoms with Crippen molar-refractivity contribution in [1.29, 1.82) is 0 Å². The highest BCUT2D eigenvalue weighted by atomic mass is 35.5. The third kappa shape index (κ3) is 3.17. The number of nitrogens with two attached hydrogens (primary N) is 1. The maximum absolute atomic E-state index is 13.5. The Kier molecular flexibility index (Phi) is 5.34. The van der Waals surface area contributed by atoms with Gasteiger partial charge in [-0.1, -0.05) is 25.3 Å². The molecule has 1 aromatic carbocycles. The fraction of sp³-hybridized carbons (Fsp3) is 0.538. The van der Waals surface area contributed by atoms with Crippen molar-refractivity contribution >= 4 is 12.4 Å². The van der Waals surface area contributed by atoms with E-state index in [1.807, 2.05) is 0 Å². The predicted octanol–water partition coefficient (Wildman–Crippen LogP) is 3.97. The van der Waals surface area contributed by atoms with Crippen LogP contribution < -0.4 is 5.73 Å². The van der Waals surface area contributed by atoms with E-state index in [4.69, 9.17) is 5.73 Å². The van der Waals surface area contributed by atoms with Crippen LogP contribution in [0, 0.1) is 17.6 Å². The van der Waals surface area contributed by atoms with Gasteiger partial charge in [0.05, 0.1) is 0 Å². The Morgan fingerprint density at radius 2 is 1.59 bits per heavy atom. The molecule has 0 amide bonds. The van der Waals surface area contributed by atoms with Crippen molar-refractivity contribution < 1.29 is 8.78 Å². The van der Waals surface area contributed by atoms with Crippen molar-refractivity contribution in [3.63, 3.8) is 0 Å². The van der Waals surface area contributed by atoms with Gasteiger partial charge in [0.1, 0.15) is 11.6 Å². The first kappa shape index (κ1) is 14.4. The van der Waals surface area contributed by atoms with E-state index in [0.717, 1.165) is 25.7 Å². The van der Waals surface area contributed by atoms with Crippen molar-refractivity contribution in [2.45, 2.75) is 38.1 Å². The summed E-state index contributed by atoms with van der Waals surface area (Å²) in [4.78, 5) is 0. The first-order valence-electron chi connectivity index (χ1n) is 5.89. The first-order valence-corrected chi connectivity index (χ1v) is 5.89. The van der Waals surface area contributed by atoms with Gasteiger partial charge >= 0.3 is 0 Å². The molecule has 0 unspecified atom stereocenters. The number of rotatable bonds is 2. The van der Waals surface area contributed by atoms with Gasteiger partial charge in [-0.05, 0) is 30.9 Å². The molecule has 0 aliphatic heterocycles. The quantitative estimate of drug-likeness (QED) is 0.857. The van der Waals surface area contributed by atoms with Gasteiger partial charge in [0.25, 0.3) is 0 Å². The summed E-state index contributed by atoms with van der Waals surface area (Å²) in [6.07, 6.45) is 5.41. The van der Waals surface area contributed by atoms with E-state index in [-0.39, 0.29) is 23.9 Å². The van der Waals surface area contributed by atoms with Gasteiger partial charge in [0, 0.05) is 11.6 Å². The Bertz CT molecular complexity index is 344. The average molecular weight is 262 g/mol. The highest BCUT2D eigenvalue weighted by Gasteiger charge is 2.26. The van der Waals surface area contributed by atoms with E-state index in [2.05, 4.69) is 0 Å². The standard InChI is InChI=1S/C13H17F2N.ClH/c14-10-7-4-8-11(15)12(10)13(16)9-5-2-1-3-6-9;/h4,7-9,13H,1-3,5-6,16H2;1H/t13-;/m0./s1. The minimum atomic E-state index is -0.516. The van der Waals surface area contributed by atoms with Gasteiger partial charge in [0.15, 0.2) is 0 Å². The second-order valence-electron chi connectivity index (χ2n) is 4.56. The molecule has 0 radical (unpaired) electrons. The summed E-state index contributed by atoms with van der Waals surface area (Å²) in [5.74, 6) is -0.809. The third-order valence-electron chi connectivity index (χ3n) is 3.49. The summed E-state index contributed by atoms with van der Waals surface area (Å²) >= 11 is 0. The van der Waals surface area contributed by atoms with E-state index in [1.165, 1.54) is 24.6 Å². The molecule has 0 heterocycles. The van der Waals surface area contributed by atoms with Gasteiger partial charge in [-0.15, -0.1) is 12.4 Å². The van der Waals surface area contributed by atoms with Crippen LogP contribution in [-0.4, -0.2) is 0 Å². The van der Waals surface area contributed by atoms with Crippen LogP contribution >= 0.6 is 12.4 Å². The number of hydrogen-bond acceptors (Lipinski definition) is 1. The van der Waals surface area contributed by atoms with Crippen LogP contribution in [0.2, 0.25) is 0 Å². The van der Waals surface area contributed by atoms with Crippen molar-refractivity contribution in [3.8, 4) is 0 Å². The van der Waals surface area contributed by atoms with Crippen LogP contribution in [0.1, 0.15) is 43.7 Å². The van der Waals surface area contributed by atoms with Crippen LogP contribution in [0.3, 0.4) is 0 Å². The van der Waals surface area contributed by atoms with Crippen LogP contribution in [0.4, 0.5) is 8.78 Å². The normalized spacial score (nSPS) is 18.5. The lowest BCUT2D eigenvalue weighted by Crippen LogP contribution is -2.25. The molecule has 17 heavy (non-hydrogen) atoms. The molecule has 1 saturated carbocycles. The predicted molar refractivity (Wildman–Crippen MR) is 67.1 cm³/mol. The van der Waals surface area contributed by atoms with E-state index in [1.54, 1.807) is 0 Å². The molecule has 0 bridgehead atoms. The number of halogens is 3. The van der Waals surface area contributed by atoms with Gasteiger partial charge in [-0.3, -0.25) is 0 Å². The molecule has 1 aliphatic carbocycles. The maximum atomic E-state index is 13.5. The summed E-state index contributed by atoms with van der Waals surface area (Å²) in [6.45, 7) is 0. The molecule has 2 N–H and O–H groups in total. The fourth-order valence-electron chi connectivity index (χ4n) is 2.56. The smallest absolute Gasteiger partial charge is 0.130 e. The number of hydrogen-bond donors (Lipinski definition) is 1. The lowest BCUT2D eigenvalue weighted by molar-refractivity contribution is 0.298. The molecule has 1 atom stereocenters. The van der Waals surface area contributed by atoms with Gasteiger partial charge in [-0.25, -0.2) is 8.78 Å². The molecular formula is C13H18ClF2N. The minimum absolute atomic E-state index is 0. The summed E-state index contributed by atoms with van der Waals surface area (Å²) in [6, 6.07) is 3.44. The molecule has 1 aromatic rings. The van der Waals surface area contributed by atoms with E-state index in [9.17, 15) is 8.78 Å². The van der Waals surface area contributed by atoms with Crippen molar-refractivity contribution in [2.75, 3.05) is 0 Å². The Balaban J connectivity index is 0.00000144. The largest absolute Gasteiger partial charge is 0.324 e. The summed E-state index contributed by atoms with van der Waals surface area (Å²) in [7, 11) is 0. The molecule has 1 nitrogen and oxygen atoms in total. The summed E-state index contributed by atoms with van der Waals surface area (Å²) in [5, 5.41) is 0. The lowest BCUT2D eigenvalue weighted by atomic mass is 9.81. The lowest BCUT2D eigenvalue weighted by Gasteiger charge is -2.28. The second-order valence-corrected chi connectivity index (χ2v) is 4.56. The van der Waals surface area contributed by atoms with Crippen LogP contribution in [0.15, 0.2) is 18.2 Å².